The van der Waals surface area contributed by atoms with Crippen molar-refractivity contribution in [2.24, 2.45) is 0 Å². The van der Waals surface area contributed by atoms with Crippen LogP contribution in [-0.4, -0.2) is 17.5 Å². The van der Waals surface area contributed by atoms with Crippen LogP contribution in [0.25, 0.3) is 0 Å². The van der Waals surface area contributed by atoms with E-state index in [0.29, 0.717) is 0 Å². The summed E-state index contributed by atoms with van der Waals surface area (Å²) in [5.41, 5.74) is -7.71. The zero-order valence-electron chi connectivity index (χ0n) is 8.50. The maximum absolute atomic E-state index is 12.7. The van der Waals surface area contributed by atoms with E-state index < -0.39 is 53.1 Å². The highest BCUT2D eigenvalue weighted by atomic mass is 19.4. The lowest BCUT2D eigenvalue weighted by Gasteiger charge is -2.32. The first-order valence-electron chi connectivity index (χ1n) is 4.33. The van der Waals surface area contributed by atoms with Crippen LogP contribution in [0.5, 0.6) is 0 Å². The molecule has 10 heteroatoms. The Balaban J connectivity index is 3.62. The normalized spacial score (nSPS) is 13.8. The molecule has 1 N–H and O–H groups in total. The van der Waals surface area contributed by atoms with Crippen LogP contribution in [0.3, 0.4) is 0 Å². The van der Waals surface area contributed by atoms with Crippen molar-refractivity contribution in [1.82, 2.24) is 0 Å². The number of halogens is 9. The van der Waals surface area contributed by atoms with Gasteiger partial charge >= 0.3 is 12.4 Å². The Morgan fingerprint density at radius 2 is 1.05 bits per heavy atom. The Bertz CT molecular complexity index is 450. The summed E-state index contributed by atoms with van der Waals surface area (Å²) in [6, 6.07) is -1.14. The highest BCUT2D eigenvalue weighted by Crippen LogP contribution is 2.50. The second-order valence-corrected chi connectivity index (χ2v) is 3.46. The average Bonchev–Trinajstić information content (AvgIpc) is 2.20. The number of benzene rings is 1. The quantitative estimate of drug-likeness (QED) is 0.622. The first-order chi connectivity index (χ1) is 8.32. The second kappa shape index (κ2) is 4.29. The third kappa shape index (κ3) is 2.36. The van der Waals surface area contributed by atoms with Crippen molar-refractivity contribution in [3.8, 4) is 0 Å². The van der Waals surface area contributed by atoms with Crippen molar-refractivity contribution >= 4 is 0 Å². The molecule has 0 aromatic heterocycles. The predicted octanol–water partition coefficient (Wildman–Crippen LogP) is 3.42. The van der Waals surface area contributed by atoms with E-state index in [9.17, 15) is 39.5 Å². The lowest BCUT2D eigenvalue weighted by atomic mass is 9.92. The Morgan fingerprint density at radius 3 is 1.32 bits per heavy atom. The van der Waals surface area contributed by atoms with Gasteiger partial charge in [0.25, 0.3) is 5.60 Å². The summed E-state index contributed by atoms with van der Waals surface area (Å²) < 4.78 is 112. The van der Waals surface area contributed by atoms with E-state index in [1.807, 2.05) is 0 Å². The van der Waals surface area contributed by atoms with E-state index in [4.69, 9.17) is 5.11 Å². The van der Waals surface area contributed by atoms with Crippen LogP contribution in [-0.2, 0) is 5.60 Å². The maximum Gasteiger partial charge on any atom is 0.430 e. The van der Waals surface area contributed by atoms with Crippen molar-refractivity contribution < 1.29 is 44.6 Å². The molecular weight excluding hydrogens is 295 g/mol. The number of aliphatic hydroxyl groups is 1. The summed E-state index contributed by atoms with van der Waals surface area (Å²) in [5, 5.41) is 8.79. The van der Waals surface area contributed by atoms with Gasteiger partial charge in [-0.2, -0.15) is 26.3 Å². The lowest BCUT2D eigenvalue weighted by Crippen LogP contribution is -2.54. The van der Waals surface area contributed by atoms with Gasteiger partial charge in [0.05, 0.1) is 0 Å². The van der Waals surface area contributed by atoms with Gasteiger partial charge in [-0.3, -0.25) is 0 Å². The number of alkyl halides is 6. The van der Waals surface area contributed by atoms with E-state index in [-0.39, 0.29) is 0 Å². The molecular formula is C9H3F9O. The smallest absolute Gasteiger partial charge is 0.369 e. The van der Waals surface area contributed by atoms with Crippen molar-refractivity contribution in [1.29, 1.82) is 0 Å². The van der Waals surface area contributed by atoms with Gasteiger partial charge in [-0.15, -0.1) is 0 Å². The zero-order valence-corrected chi connectivity index (χ0v) is 8.50. The maximum atomic E-state index is 12.7. The minimum atomic E-state index is -6.30. The third-order valence-corrected chi connectivity index (χ3v) is 2.22. The number of hydrogen-bond acceptors (Lipinski definition) is 1. The third-order valence-electron chi connectivity index (χ3n) is 2.22. The number of rotatable bonds is 1. The minimum Gasteiger partial charge on any atom is -0.369 e. The van der Waals surface area contributed by atoms with Crippen LogP contribution in [0.15, 0.2) is 12.1 Å². The molecule has 0 bridgehead atoms. The van der Waals surface area contributed by atoms with Crippen LogP contribution >= 0.6 is 0 Å². The van der Waals surface area contributed by atoms with Crippen molar-refractivity contribution in [2.75, 3.05) is 0 Å². The average molecular weight is 298 g/mol. The second-order valence-electron chi connectivity index (χ2n) is 3.46. The van der Waals surface area contributed by atoms with Gasteiger partial charge in [0, 0.05) is 5.56 Å². The topological polar surface area (TPSA) is 20.2 Å². The van der Waals surface area contributed by atoms with Gasteiger partial charge in [-0.05, 0) is 12.1 Å². The lowest BCUT2D eigenvalue weighted by molar-refractivity contribution is -0.376. The molecule has 0 unspecified atom stereocenters. The first-order valence-corrected chi connectivity index (χ1v) is 4.33. The molecule has 0 aliphatic carbocycles. The van der Waals surface area contributed by atoms with E-state index in [2.05, 4.69) is 0 Å². The van der Waals surface area contributed by atoms with Gasteiger partial charge in [0.2, 0.25) is 0 Å². The molecule has 0 saturated carbocycles. The molecule has 0 heterocycles. The fourth-order valence-corrected chi connectivity index (χ4v) is 1.25. The van der Waals surface area contributed by atoms with Crippen molar-refractivity contribution in [2.45, 2.75) is 18.0 Å². The molecule has 108 valence electrons. The van der Waals surface area contributed by atoms with Crippen LogP contribution in [0.4, 0.5) is 39.5 Å². The Morgan fingerprint density at radius 1 is 0.737 bits per heavy atom. The van der Waals surface area contributed by atoms with Gasteiger partial charge in [0.15, 0.2) is 17.5 Å². The zero-order chi connectivity index (χ0) is 15.2. The molecule has 1 aromatic carbocycles. The molecule has 1 nitrogen and oxygen atoms in total. The van der Waals surface area contributed by atoms with E-state index in [1.54, 1.807) is 0 Å². The summed E-state index contributed by atoms with van der Waals surface area (Å²) in [4.78, 5) is 0. The van der Waals surface area contributed by atoms with E-state index in [1.165, 1.54) is 0 Å². The summed E-state index contributed by atoms with van der Waals surface area (Å²) >= 11 is 0. The minimum absolute atomic E-state index is 0.570. The highest BCUT2D eigenvalue weighted by molar-refractivity contribution is 5.28. The van der Waals surface area contributed by atoms with Crippen LogP contribution in [0.2, 0.25) is 0 Å². The summed E-state index contributed by atoms with van der Waals surface area (Å²) in [6.45, 7) is 0. The summed E-state index contributed by atoms with van der Waals surface area (Å²) in [5.74, 6) is -6.83. The molecule has 0 aliphatic heterocycles. The highest BCUT2D eigenvalue weighted by Gasteiger charge is 2.71. The summed E-state index contributed by atoms with van der Waals surface area (Å²) in [6.07, 6.45) is -12.6. The molecule has 0 atom stereocenters. The molecule has 0 amide bonds. The van der Waals surface area contributed by atoms with Gasteiger partial charge in [-0.1, -0.05) is 0 Å². The summed E-state index contributed by atoms with van der Waals surface area (Å²) in [7, 11) is 0. The Kier molecular flexibility index (Phi) is 3.52. The van der Waals surface area contributed by atoms with Crippen molar-refractivity contribution in [3.05, 3.63) is 35.1 Å². The van der Waals surface area contributed by atoms with Crippen molar-refractivity contribution in [3.63, 3.8) is 0 Å². The number of hydrogen-bond donors (Lipinski definition) is 1. The first kappa shape index (κ1) is 15.6. The SMILES string of the molecule is OC(c1cc(F)c(F)c(F)c1)(C(F)(F)F)C(F)(F)F. The molecule has 0 spiro atoms. The molecule has 0 fully saturated rings. The van der Waals surface area contributed by atoms with Crippen LogP contribution < -0.4 is 0 Å². The molecule has 0 radical (unpaired) electrons. The van der Waals surface area contributed by atoms with Gasteiger partial charge < -0.3 is 5.11 Å². The predicted molar refractivity (Wildman–Crippen MR) is 42.3 cm³/mol. The molecule has 0 aliphatic rings. The van der Waals surface area contributed by atoms with Crippen LogP contribution in [0, 0.1) is 17.5 Å². The molecule has 1 rings (SSSR count). The Hall–Kier alpha value is -1.45. The van der Waals surface area contributed by atoms with Gasteiger partial charge in [-0.25, -0.2) is 13.2 Å². The monoisotopic (exact) mass is 298 g/mol. The van der Waals surface area contributed by atoms with E-state index >= 15 is 0 Å². The standard InChI is InChI=1S/C9H3F9O/c10-4-1-3(2-5(11)6(4)12)7(19,8(13,14)15)9(16,17)18/h1-2,19H. The van der Waals surface area contributed by atoms with Gasteiger partial charge in [0.1, 0.15) is 0 Å². The van der Waals surface area contributed by atoms with Crippen LogP contribution in [0.1, 0.15) is 5.56 Å². The fourth-order valence-electron chi connectivity index (χ4n) is 1.25. The Labute approximate surface area is 98.8 Å². The fraction of sp³-hybridized carbons (Fsp3) is 0.333. The molecule has 19 heavy (non-hydrogen) atoms. The van der Waals surface area contributed by atoms with E-state index in [0.717, 1.165) is 0 Å². The molecule has 1 aromatic rings. The largest absolute Gasteiger partial charge is 0.430 e. The molecule has 0 saturated heterocycles.